The van der Waals surface area contributed by atoms with Crippen LogP contribution in [0.5, 0.6) is 0 Å². The molecule has 1 N–H and O–H groups in total. The van der Waals surface area contributed by atoms with E-state index >= 15 is 0 Å². The van der Waals surface area contributed by atoms with Crippen molar-refractivity contribution in [3.05, 3.63) is 33.8 Å². The lowest BCUT2D eigenvalue weighted by molar-refractivity contribution is -0.131. The number of morpholine rings is 1. The highest BCUT2D eigenvalue weighted by atomic mass is 35.5. The van der Waals surface area contributed by atoms with Crippen molar-refractivity contribution in [2.75, 3.05) is 45.9 Å². The van der Waals surface area contributed by atoms with Crippen molar-refractivity contribution in [3.63, 3.8) is 0 Å². The van der Waals surface area contributed by atoms with Crippen LogP contribution in [0.25, 0.3) is 0 Å². The van der Waals surface area contributed by atoms with E-state index in [0.29, 0.717) is 54.9 Å². The maximum absolute atomic E-state index is 13.2. The minimum atomic E-state index is -1.12. The third kappa shape index (κ3) is 6.01. The van der Waals surface area contributed by atoms with Crippen LogP contribution in [0, 0.1) is 11.3 Å². The maximum Gasteiger partial charge on any atom is 0.410 e. The smallest absolute Gasteiger partial charge is 0.410 e. The van der Waals surface area contributed by atoms with Gasteiger partial charge in [-0.2, -0.15) is 5.26 Å². The van der Waals surface area contributed by atoms with Gasteiger partial charge in [-0.15, -0.1) is 0 Å². The number of nitrogens with one attached hydrogen (secondary N) is 1. The van der Waals surface area contributed by atoms with Crippen molar-refractivity contribution in [1.29, 1.82) is 5.26 Å². The van der Waals surface area contributed by atoms with Gasteiger partial charge in [-0.3, -0.25) is 4.79 Å². The third-order valence-electron chi connectivity index (χ3n) is 5.58. The number of hydrogen-bond acceptors (Lipinski definition) is 6. The molecular weight excluding hydrogens is 443 g/mol. The van der Waals surface area contributed by atoms with Gasteiger partial charge in [0.25, 0.3) is 5.91 Å². The Balaban J connectivity index is 1.76. The van der Waals surface area contributed by atoms with E-state index in [1.807, 2.05) is 6.92 Å². The monoisotopic (exact) mass is 468 g/mol. The molecule has 2 fully saturated rings. The molecule has 10 heteroatoms. The summed E-state index contributed by atoms with van der Waals surface area (Å²) in [6.45, 7) is 5.58. The molecule has 2 aliphatic heterocycles. The zero-order valence-corrected chi connectivity index (χ0v) is 18.9. The van der Waals surface area contributed by atoms with Gasteiger partial charge in [-0.05, 0) is 30.7 Å². The van der Waals surface area contributed by atoms with E-state index in [4.69, 9.17) is 32.7 Å². The fourth-order valence-electron chi connectivity index (χ4n) is 3.71. The lowest BCUT2D eigenvalue weighted by atomic mass is 9.99. The van der Waals surface area contributed by atoms with Crippen molar-refractivity contribution < 1.29 is 19.1 Å². The van der Waals surface area contributed by atoms with E-state index in [9.17, 15) is 14.9 Å². The van der Waals surface area contributed by atoms with Crippen molar-refractivity contribution in [1.82, 2.24) is 15.1 Å². The summed E-state index contributed by atoms with van der Waals surface area (Å²) in [5.41, 5.74) is -0.314. The molecule has 168 valence electrons. The maximum atomic E-state index is 13.2. The number of likely N-dealkylation sites (tertiary alicyclic amines) is 1. The number of rotatable bonds is 6. The number of halogens is 2. The van der Waals surface area contributed by atoms with Crippen LogP contribution in [0.1, 0.15) is 18.9 Å². The minimum absolute atomic E-state index is 0.109. The topological polar surface area (TPSA) is 94.9 Å². The normalized spacial score (nSPS) is 22.6. The lowest BCUT2D eigenvalue weighted by Crippen LogP contribution is -2.54. The lowest BCUT2D eigenvalue weighted by Gasteiger charge is -2.30. The van der Waals surface area contributed by atoms with Gasteiger partial charge in [0.2, 0.25) is 0 Å². The number of hydrogen-bond donors (Lipinski definition) is 1. The fraction of sp³-hybridized carbons (Fsp3) is 0.571. The molecule has 1 aromatic rings. The summed E-state index contributed by atoms with van der Waals surface area (Å²) in [7, 11) is 0. The van der Waals surface area contributed by atoms with Crippen LogP contribution in [0.4, 0.5) is 4.79 Å². The molecule has 2 amide bonds. The molecule has 0 saturated carbocycles. The molecule has 0 aliphatic carbocycles. The van der Waals surface area contributed by atoms with Crippen LogP contribution in [0.2, 0.25) is 10.0 Å². The highest BCUT2D eigenvalue weighted by Crippen LogP contribution is 2.25. The van der Waals surface area contributed by atoms with Gasteiger partial charge in [0, 0.05) is 32.6 Å². The molecule has 8 nitrogen and oxygen atoms in total. The molecule has 0 bridgehead atoms. The van der Waals surface area contributed by atoms with Gasteiger partial charge in [0.1, 0.15) is 5.54 Å². The standard InChI is InChI=1S/C21H26Cl2N4O4/c1-2-26-6-5-21(13-24,14-26)25-19(28)18(12-15-3-4-16(22)17(23)11-15)31-20(29)27-7-9-30-10-8-27/h3-4,11,18H,2,5-10,12,14H2,1H3,(H,25,28). The van der Waals surface area contributed by atoms with Crippen molar-refractivity contribution in [2.24, 2.45) is 0 Å². The Hall–Kier alpha value is -2.05. The van der Waals surface area contributed by atoms with E-state index in [1.54, 1.807) is 18.2 Å². The molecular formula is C21H26Cl2N4O4. The fourth-order valence-corrected chi connectivity index (χ4v) is 4.03. The van der Waals surface area contributed by atoms with Crippen LogP contribution in [0.15, 0.2) is 18.2 Å². The Morgan fingerprint density at radius 3 is 2.65 bits per heavy atom. The minimum Gasteiger partial charge on any atom is -0.436 e. The Kier molecular flexibility index (Phi) is 8.00. The van der Waals surface area contributed by atoms with Crippen molar-refractivity contribution in [2.45, 2.75) is 31.4 Å². The molecule has 0 radical (unpaired) electrons. The zero-order chi connectivity index (χ0) is 22.4. The summed E-state index contributed by atoms with van der Waals surface area (Å²) in [5.74, 6) is -0.507. The van der Waals surface area contributed by atoms with Crippen LogP contribution in [0.3, 0.4) is 0 Å². The van der Waals surface area contributed by atoms with Crippen LogP contribution in [-0.4, -0.2) is 79.4 Å². The molecule has 2 aliphatic rings. The predicted octanol–water partition coefficient (Wildman–Crippen LogP) is 2.48. The molecule has 3 rings (SSSR count). The quantitative estimate of drug-likeness (QED) is 0.688. The third-order valence-corrected chi connectivity index (χ3v) is 6.32. The summed E-state index contributed by atoms with van der Waals surface area (Å²) >= 11 is 12.1. The van der Waals surface area contributed by atoms with E-state index in [-0.39, 0.29) is 6.42 Å². The van der Waals surface area contributed by atoms with Gasteiger partial charge in [-0.25, -0.2) is 4.79 Å². The van der Waals surface area contributed by atoms with Crippen LogP contribution >= 0.6 is 23.2 Å². The molecule has 0 spiro atoms. The summed E-state index contributed by atoms with van der Waals surface area (Å²) in [6.07, 6.45) is -1.08. The molecule has 2 saturated heterocycles. The molecule has 1 aromatic carbocycles. The Morgan fingerprint density at radius 2 is 2.03 bits per heavy atom. The first-order valence-corrected chi connectivity index (χ1v) is 11.0. The van der Waals surface area contributed by atoms with Gasteiger partial charge >= 0.3 is 6.09 Å². The van der Waals surface area contributed by atoms with E-state index in [0.717, 1.165) is 13.1 Å². The summed E-state index contributed by atoms with van der Waals surface area (Å²) < 4.78 is 10.9. The van der Waals surface area contributed by atoms with Gasteiger partial charge < -0.3 is 24.6 Å². The molecule has 31 heavy (non-hydrogen) atoms. The summed E-state index contributed by atoms with van der Waals surface area (Å²) in [6, 6.07) is 7.24. The molecule has 2 atom stereocenters. The second-order valence-electron chi connectivity index (χ2n) is 7.73. The number of nitrogens with zero attached hydrogens (tertiary/aromatic N) is 3. The highest BCUT2D eigenvalue weighted by molar-refractivity contribution is 6.42. The largest absolute Gasteiger partial charge is 0.436 e. The molecule has 0 aromatic heterocycles. The molecule has 2 unspecified atom stereocenters. The second kappa shape index (κ2) is 10.5. The average Bonchev–Trinajstić information content (AvgIpc) is 3.20. The van der Waals surface area contributed by atoms with Gasteiger partial charge in [-0.1, -0.05) is 36.2 Å². The average molecular weight is 469 g/mol. The van der Waals surface area contributed by atoms with Crippen LogP contribution in [-0.2, 0) is 20.7 Å². The van der Waals surface area contributed by atoms with Gasteiger partial charge in [0.15, 0.2) is 6.10 Å². The Labute approximate surface area is 192 Å². The number of likely N-dealkylation sites (N-methyl/N-ethyl adjacent to an activating group) is 1. The van der Waals surface area contributed by atoms with Gasteiger partial charge in [0.05, 0.1) is 29.3 Å². The number of carbonyl (C=O) groups is 2. The summed E-state index contributed by atoms with van der Waals surface area (Å²) in [4.78, 5) is 29.4. The van der Waals surface area contributed by atoms with E-state index in [1.165, 1.54) is 4.90 Å². The number of carbonyl (C=O) groups excluding carboxylic acids is 2. The number of nitriles is 1. The first-order chi connectivity index (χ1) is 14.9. The SMILES string of the molecule is CCN1CCC(C#N)(NC(=O)C(Cc2ccc(Cl)c(Cl)c2)OC(=O)N2CCOCC2)C1. The van der Waals surface area contributed by atoms with E-state index < -0.39 is 23.6 Å². The molecule has 2 heterocycles. The Morgan fingerprint density at radius 1 is 1.29 bits per heavy atom. The number of benzene rings is 1. The van der Waals surface area contributed by atoms with Crippen molar-refractivity contribution >= 4 is 35.2 Å². The first kappa shape index (κ1) is 23.6. The number of ether oxygens (including phenoxy) is 2. The first-order valence-electron chi connectivity index (χ1n) is 10.3. The van der Waals surface area contributed by atoms with E-state index in [2.05, 4.69) is 16.3 Å². The summed E-state index contributed by atoms with van der Waals surface area (Å²) in [5, 5.41) is 13.3. The Bertz CT molecular complexity index is 856. The van der Waals surface area contributed by atoms with Crippen LogP contribution < -0.4 is 5.32 Å². The predicted molar refractivity (Wildman–Crippen MR) is 116 cm³/mol. The zero-order valence-electron chi connectivity index (χ0n) is 17.4. The number of amides is 2. The van der Waals surface area contributed by atoms with Crippen molar-refractivity contribution in [3.8, 4) is 6.07 Å². The second-order valence-corrected chi connectivity index (χ2v) is 8.54. The highest BCUT2D eigenvalue weighted by Gasteiger charge is 2.41.